The fourth-order valence-corrected chi connectivity index (χ4v) is 2.86. The van der Waals surface area contributed by atoms with E-state index in [-0.39, 0.29) is 6.04 Å². The lowest BCUT2D eigenvalue weighted by Crippen LogP contribution is -2.31. The van der Waals surface area contributed by atoms with Crippen LogP contribution in [0.5, 0.6) is 5.75 Å². The Morgan fingerprint density at radius 1 is 1.25 bits per heavy atom. The highest BCUT2D eigenvalue weighted by Crippen LogP contribution is 2.32. The molecule has 0 radical (unpaired) electrons. The highest BCUT2D eigenvalue weighted by atomic mass is 16.5. The van der Waals surface area contributed by atoms with Crippen molar-refractivity contribution in [3.8, 4) is 5.75 Å². The molecular weight excluding hydrogens is 252 g/mol. The SMILES string of the molecule is COc1cnn(C)c1C(NN)c1c(C)cc(C)cc1C. The Kier molecular flexibility index (Phi) is 4.11. The van der Waals surface area contributed by atoms with Gasteiger partial charge in [-0.1, -0.05) is 17.7 Å². The molecule has 0 amide bonds. The van der Waals surface area contributed by atoms with Gasteiger partial charge in [-0.05, 0) is 37.5 Å². The lowest BCUT2D eigenvalue weighted by Gasteiger charge is -2.22. The van der Waals surface area contributed by atoms with Gasteiger partial charge in [-0.2, -0.15) is 5.10 Å². The fraction of sp³-hybridized carbons (Fsp3) is 0.400. The summed E-state index contributed by atoms with van der Waals surface area (Å²) in [6.07, 6.45) is 1.71. The van der Waals surface area contributed by atoms with Crippen molar-refractivity contribution in [3.63, 3.8) is 0 Å². The predicted molar refractivity (Wildman–Crippen MR) is 79.6 cm³/mol. The maximum Gasteiger partial charge on any atom is 0.161 e. The predicted octanol–water partition coefficient (Wildman–Crippen LogP) is 1.91. The largest absolute Gasteiger partial charge is 0.493 e. The minimum Gasteiger partial charge on any atom is -0.493 e. The molecule has 1 aromatic heterocycles. The first-order chi connectivity index (χ1) is 9.49. The standard InChI is InChI=1S/C15H22N4O/c1-9-6-10(2)13(11(3)7-9)14(18-16)15-12(20-5)8-17-19(15)4/h6-8,14,18H,16H2,1-5H3. The van der Waals surface area contributed by atoms with Gasteiger partial charge in [-0.25, -0.2) is 5.43 Å². The Bertz CT molecular complexity index is 595. The molecule has 0 spiro atoms. The second-order valence-electron chi connectivity index (χ2n) is 5.13. The number of hydrogen-bond donors (Lipinski definition) is 2. The van der Waals surface area contributed by atoms with E-state index in [1.54, 1.807) is 18.0 Å². The molecule has 3 N–H and O–H groups in total. The van der Waals surface area contributed by atoms with E-state index in [9.17, 15) is 0 Å². The van der Waals surface area contributed by atoms with E-state index in [2.05, 4.69) is 43.4 Å². The van der Waals surface area contributed by atoms with Gasteiger partial charge in [-0.3, -0.25) is 10.5 Å². The number of benzene rings is 1. The number of rotatable bonds is 4. The van der Waals surface area contributed by atoms with Crippen molar-refractivity contribution in [2.45, 2.75) is 26.8 Å². The van der Waals surface area contributed by atoms with Crippen molar-refractivity contribution in [2.75, 3.05) is 7.11 Å². The highest BCUT2D eigenvalue weighted by molar-refractivity contribution is 5.45. The van der Waals surface area contributed by atoms with Crippen LogP contribution in [0.4, 0.5) is 0 Å². The topological polar surface area (TPSA) is 65.1 Å². The zero-order valence-corrected chi connectivity index (χ0v) is 12.7. The van der Waals surface area contributed by atoms with E-state index < -0.39 is 0 Å². The second-order valence-corrected chi connectivity index (χ2v) is 5.13. The monoisotopic (exact) mass is 274 g/mol. The van der Waals surface area contributed by atoms with Crippen molar-refractivity contribution < 1.29 is 4.74 Å². The first kappa shape index (κ1) is 14.6. The molecule has 1 aromatic carbocycles. The van der Waals surface area contributed by atoms with Gasteiger partial charge >= 0.3 is 0 Å². The molecule has 0 aliphatic carbocycles. The van der Waals surface area contributed by atoms with Gasteiger partial charge in [0.15, 0.2) is 5.75 Å². The Hall–Kier alpha value is -1.85. The van der Waals surface area contributed by atoms with Crippen molar-refractivity contribution in [2.24, 2.45) is 12.9 Å². The molecule has 108 valence electrons. The maximum atomic E-state index is 5.82. The van der Waals surface area contributed by atoms with Gasteiger partial charge in [-0.15, -0.1) is 0 Å². The van der Waals surface area contributed by atoms with E-state index in [4.69, 9.17) is 10.6 Å². The summed E-state index contributed by atoms with van der Waals surface area (Å²) in [7, 11) is 3.53. The quantitative estimate of drug-likeness (QED) is 0.660. The van der Waals surface area contributed by atoms with Crippen LogP contribution >= 0.6 is 0 Å². The van der Waals surface area contributed by atoms with Gasteiger partial charge in [0, 0.05) is 7.05 Å². The first-order valence-corrected chi connectivity index (χ1v) is 6.59. The number of aromatic nitrogens is 2. The van der Waals surface area contributed by atoms with E-state index in [0.29, 0.717) is 0 Å². The number of nitrogens with two attached hydrogens (primary N) is 1. The van der Waals surface area contributed by atoms with Crippen LogP contribution in [0.15, 0.2) is 18.3 Å². The summed E-state index contributed by atoms with van der Waals surface area (Å²) < 4.78 is 7.19. The molecule has 0 aliphatic heterocycles. The third-order valence-electron chi connectivity index (χ3n) is 3.64. The van der Waals surface area contributed by atoms with Crippen molar-refractivity contribution in [1.82, 2.24) is 15.2 Å². The number of ether oxygens (including phenoxy) is 1. The molecule has 5 nitrogen and oxygen atoms in total. The van der Waals surface area contributed by atoms with Crippen LogP contribution in [0.25, 0.3) is 0 Å². The van der Waals surface area contributed by atoms with E-state index in [1.165, 1.54) is 22.3 Å². The molecule has 0 saturated carbocycles. The lowest BCUT2D eigenvalue weighted by molar-refractivity contribution is 0.401. The van der Waals surface area contributed by atoms with Crippen molar-refractivity contribution >= 4 is 0 Å². The maximum absolute atomic E-state index is 5.82. The van der Waals surface area contributed by atoms with Crippen molar-refractivity contribution in [3.05, 3.63) is 46.3 Å². The Labute approximate surface area is 119 Å². The van der Waals surface area contributed by atoms with Gasteiger partial charge < -0.3 is 4.74 Å². The van der Waals surface area contributed by atoms with Crippen molar-refractivity contribution in [1.29, 1.82) is 0 Å². The molecule has 20 heavy (non-hydrogen) atoms. The van der Waals surface area contributed by atoms with Crippen LogP contribution in [0.1, 0.15) is 34.0 Å². The van der Waals surface area contributed by atoms with E-state index >= 15 is 0 Å². The molecular formula is C15H22N4O. The molecule has 0 fully saturated rings. The number of nitrogens with one attached hydrogen (secondary N) is 1. The summed E-state index contributed by atoms with van der Waals surface area (Å²) in [5.74, 6) is 6.55. The number of nitrogens with zero attached hydrogens (tertiary/aromatic N) is 2. The third kappa shape index (κ3) is 2.42. The van der Waals surface area contributed by atoms with Crippen LogP contribution in [0, 0.1) is 20.8 Å². The smallest absolute Gasteiger partial charge is 0.161 e. The minimum absolute atomic E-state index is 0.155. The first-order valence-electron chi connectivity index (χ1n) is 6.59. The Morgan fingerprint density at radius 3 is 2.35 bits per heavy atom. The van der Waals surface area contributed by atoms with Gasteiger partial charge in [0.1, 0.15) is 5.69 Å². The fourth-order valence-electron chi connectivity index (χ4n) is 2.86. The highest BCUT2D eigenvalue weighted by Gasteiger charge is 2.24. The van der Waals surface area contributed by atoms with Gasteiger partial charge in [0.2, 0.25) is 0 Å². The summed E-state index contributed by atoms with van der Waals surface area (Å²) in [5.41, 5.74) is 8.64. The number of aryl methyl sites for hydroxylation is 4. The third-order valence-corrected chi connectivity index (χ3v) is 3.64. The Morgan fingerprint density at radius 2 is 1.85 bits per heavy atom. The average Bonchev–Trinajstić information content (AvgIpc) is 2.74. The molecule has 1 heterocycles. The minimum atomic E-state index is -0.155. The molecule has 5 heteroatoms. The average molecular weight is 274 g/mol. The van der Waals surface area contributed by atoms with Crippen LogP contribution in [-0.2, 0) is 7.05 Å². The summed E-state index contributed by atoms with van der Waals surface area (Å²) in [4.78, 5) is 0. The molecule has 1 unspecified atom stereocenters. The van der Waals surface area contributed by atoms with Gasteiger partial charge in [0.25, 0.3) is 0 Å². The van der Waals surface area contributed by atoms with Gasteiger partial charge in [0.05, 0.1) is 19.3 Å². The number of hydrogen-bond acceptors (Lipinski definition) is 4. The summed E-state index contributed by atoms with van der Waals surface area (Å²) in [6.45, 7) is 6.30. The normalized spacial score (nSPS) is 12.5. The zero-order valence-electron chi connectivity index (χ0n) is 12.7. The summed E-state index contributed by atoms with van der Waals surface area (Å²) >= 11 is 0. The van der Waals surface area contributed by atoms with E-state index in [0.717, 1.165) is 11.4 Å². The van der Waals surface area contributed by atoms with Crippen LogP contribution in [-0.4, -0.2) is 16.9 Å². The van der Waals surface area contributed by atoms with Crippen LogP contribution in [0.2, 0.25) is 0 Å². The molecule has 0 bridgehead atoms. The molecule has 1 atom stereocenters. The summed E-state index contributed by atoms with van der Waals surface area (Å²) in [5, 5.41) is 4.25. The second kappa shape index (κ2) is 5.64. The summed E-state index contributed by atoms with van der Waals surface area (Å²) in [6, 6.07) is 4.17. The van der Waals surface area contributed by atoms with Crippen LogP contribution in [0.3, 0.4) is 0 Å². The zero-order chi connectivity index (χ0) is 14.9. The lowest BCUT2D eigenvalue weighted by atomic mass is 9.92. The molecule has 2 aromatic rings. The van der Waals surface area contributed by atoms with Crippen LogP contribution < -0.4 is 16.0 Å². The molecule has 0 saturated heterocycles. The van der Waals surface area contributed by atoms with E-state index in [1.807, 2.05) is 7.05 Å². The number of methoxy groups -OCH3 is 1. The molecule has 0 aliphatic rings. The molecule has 2 rings (SSSR count). The Balaban J connectivity index is 2.61. The number of hydrazine groups is 1.